The van der Waals surface area contributed by atoms with Crippen molar-refractivity contribution in [1.82, 2.24) is 4.98 Å². The first-order valence-electron chi connectivity index (χ1n) is 7.63. The number of aromatic nitrogens is 1. The van der Waals surface area contributed by atoms with Gasteiger partial charge in [-0.25, -0.2) is 4.98 Å². The van der Waals surface area contributed by atoms with E-state index in [4.69, 9.17) is 9.47 Å². The molecule has 0 saturated heterocycles. The molecule has 5 nitrogen and oxygen atoms in total. The molecule has 1 aromatic carbocycles. The Balaban J connectivity index is 1.50. The Morgan fingerprint density at radius 3 is 3.00 bits per heavy atom. The van der Waals surface area contributed by atoms with Gasteiger partial charge < -0.3 is 9.47 Å². The maximum Gasteiger partial charge on any atom is 0.295 e. The van der Waals surface area contributed by atoms with Crippen LogP contribution in [0.1, 0.15) is 17.5 Å². The van der Waals surface area contributed by atoms with Crippen molar-refractivity contribution < 1.29 is 14.3 Å². The maximum absolute atomic E-state index is 12.0. The molecule has 2 aliphatic rings. The third kappa shape index (κ3) is 2.94. The molecule has 6 heteroatoms. The Bertz CT molecular complexity index is 782. The lowest BCUT2D eigenvalue weighted by atomic mass is 10.1. The second-order valence-electron chi connectivity index (χ2n) is 5.53. The first-order chi connectivity index (χ1) is 11.3. The number of aryl methyl sites for hydroxylation is 2. The van der Waals surface area contributed by atoms with Crippen molar-refractivity contribution in [2.24, 2.45) is 0 Å². The number of nitrogens with zero attached hydrogens (tertiary/aromatic N) is 1. The first-order valence-corrected chi connectivity index (χ1v) is 8.51. The monoisotopic (exact) mass is 328 g/mol. The summed E-state index contributed by atoms with van der Waals surface area (Å²) in [6.07, 6.45) is 4.88. The standard InChI is InChI=1S/C17H16N2O3S/c20-16(15-9-21-6-7-22-15)19-17-18-14(10-23-17)13-5-4-11-2-1-3-12(11)8-13/h4-5,8-10H,1-3,6-7H2,(H,18,19,20). The van der Waals surface area contributed by atoms with Crippen molar-refractivity contribution in [2.45, 2.75) is 19.3 Å². The van der Waals surface area contributed by atoms with Crippen molar-refractivity contribution in [3.63, 3.8) is 0 Å². The van der Waals surface area contributed by atoms with Gasteiger partial charge in [-0.15, -0.1) is 11.3 Å². The minimum Gasteiger partial charge on any atom is -0.494 e. The van der Waals surface area contributed by atoms with Gasteiger partial charge in [-0.2, -0.15) is 0 Å². The number of hydrogen-bond acceptors (Lipinski definition) is 5. The van der Waals surface area contributed by atoms with Gasteiger partial charge >= 0.3 is 0 Å². The number of carbonyl (C=O) groups is 1. The summed E-state index contributed by atoms with van der Waals surface area (Å²) in [4.78, 5) is 16.6. The van der Waals surface area contributed by atoms with Crippen molar-refractivity contribution in [3.05, 3.63) is 46.7 Å². The summed E-state index contributed by atoms with van der Waals surface area (Å²) >= 11 is 1.40. The van der Waals surface area contributed by atoms with E-state index in [1.54, 1.807) is 0 Å². The highest BCUT2D eigenvalue weighted by molar-refractivity contribution is 7.14. The smallest absolute Gasteiger partial charge is 0.295 e. The van der Waals surface area contributed by atoms with Gasteiger partial charge in [-0.05, 0) is 36.5 Å². The summed E-state index contributed by atoms with van der Waals surface area (Å²) in [5, 5.41) is 5.26. The number of carbonyl (C=O) groups excluding carboxylic acids is 1. The van der Waals surface area contributed by atoms with Crippen LogP contribution in [-0.4, -0.2) is 24.1 Å². The third-order valence-corrected chi connectivity index (χ3v) is 4.75. The molecule has 118 valence electrons. The van der Waals surface area contributed by atoms with E-state index in [9.17, 15) is 4.79 Å². The lowest BCUT2D eigenvalue weighted by Crippen LogP contribution is -2.21. The predicted octanol–water partition coefficient (Wildman–Crippen LogP) is 3.13. The van der Waals surface area contributed by atoms with Crippen LogP contribution < -0.4 is 5.32 Å². The van der Waals surface area contributed by atoms with Gasteiger partial charge in [0.1, 0.15) is 19.5 Å². The fourth-order valence-electron chi connectivity index (χ4n) is 2.84. The molecule has 0 atom stereocenters. The molecule has 1 aliphatic carbocycles. The highest BCUT2D eigenvalue weighted by Crippen LogP contribution is 2.30. The van der Waals surface area contributed by atoms with Crippen LogP contribution in [0.5, 0.6) is 0 Å². The molecular weight excluding hydrogens is 312 g/mol. The molecule has 1 N–H and O–H groups in total. The lowest BCUT2D eigenvalue weighted by Gasteiger charge is -2.14. The Labute approximate surface area is 138 Å². The van der Waals surface area contributed by atoms with Crippen LogP contribution in [0.2, 0.25) is 0 Å². The molecule has 1 aromatic heterocycles. The fourth-order valence-corrected chi connectivity index (χ4v) is 3.56. The minimum atomic E-state index is -0.334. The molecule has 2 heterocycles. The number of nitrogens with one attached hydrogen (secondary N) is 1. The molecule has 0 fully saturated rings. The van der Waals surface area contributed by atoms with Gasteiger partial charge in [0.25, 0.3) is 5.91 Å². The molecule has 4 rings (SSSR count). The highest BCUT2D eigenvalue weighted by Gasteiger charge is 2.17. The van der Waals surface area contributed by atoms with Crippen LogP contribution in [0.3, 0.4) is 0 Å². The normalized spacial score (nSPS) is 16.1. The molecule has 0 saturated carbocycles. The van der Waals surface area contributed by atoms with Crippen LogP contribution in [0.25, 0.3) is 11.3 Å². The average Bonchev–Trinajstić information content (AvgIpc) is 3.23. The summed E-state index contributed by atoms with van der Waals surface area (Å²) in [5.74, 6) is -0.148. The van der Waals surface area contributed by atoms with Crippen molar-refractivity contribution in [3.8, 4) is 11.3 Å². The van der Waals surface area contributed by atoms with Gasteiger partial charge in [0.2, 0.25) is 5.76 Å². The van der Waals surface area contributed by atoms with Gasteiger partial charge in [0, 0.05) is 10.9 Å². The van der Waals surface area contributed by atoms with E-state index in [1.165, 1.54) is 41.6 Å². The Kier molecular flexibility index (Phi) is 3.75. The zero-order chi connectivity index (χ0) is 15.6. The van der Waals surface area contributed by atoms with Crippen molar-refractivity contribution in [1.29, 1.82) is 0 Å². The summed E-state index contributed by atoms with van der Waals surface area (Å²) in [6.45, 7) is 0.855. The number of thiazole rings is 1. The van der Waals surface area contributed by atoms with Crippen LogP contribution in [0, 0.1) is 0 Å². The van der Waals surface area contributed by atoms with Crippen LogP contribution in [-0.2, 0) is 27.1 Å². The van der Waals surface area contributed by atoms with Crippen LogP contribution in [0.4, 0.5) is 5.13 Å². The van der Waals surface area contributed by atoms with Gasteiger partial charge in [-0.3, -0.25) is 10.1 Å². The number of ether oxygens (including phenoxy) is 2. The fraction of sp³-hybridized carbons (Fsp3) is 0.294. The van der Waals surface area contributed by atoms with E-state index in [2.05, 4.69) is 28.5 Å². The van der Waals surface area contributed by atoms with E-state index in [0.29, 0.717) is 18.3 Å². The summed E-state index contributed by atoms with van der Waals surface area (Å²) < 4.78 is 10.3. The van der Waals surface area contributed by atoms with E-state index in [0.717, 1.165) is 17.7 Å². The van der Waals surface area contributed by atoms with Gasteiger partial charge in [0.15, 0.2) is 5.13 Å². The Hall–Kier alpha value is -2.34. The maximum atomic E-state index is 12.0. The molecular formula is C17H16N2O3S. The first kappa shape index (κ1) is 14.3. The molecule has 0 spiro atoms. The second-order valence-corrected chi connectivity index (χ2v) is 6.39. The quantitative estimate of drug-likeness (QED) is 0.940. The topological polar surface area (TPSA) is 60.5 Å². The SMILES string of the molecule is O=C(Nc1nc(-c2ccc3c(c2)CCC3)cs1)C1=COCCO1. The van der Waals surface area contributed by atoms with E-state index < -0.39 is 0 Å². The molecule has 0 radical (unpaired) electrons. The molecule has 0 bridgehead atoms. The number of benzene rings is 1. The molecule has 0 unspecified atom stereocenters. The summed E-state index contributed by atoms with van der Waals surface area (Å²) in [5.41, 5.74) is 4.84. The lowest BCUT2D eigenvalue weighted by molar-refractivity contribution is -0.117. The van der Waals surface area contributed by atoms with E-state index >= 15 is 0 Å². The summed E-state index contributed by atoms with van der Waals surface area (Å²) in [6, 6.07) is 6.50. The number of amides is 1. The molecule has 1 aliphatic heterocycles. The molecule has 2 aromatic rings. The number of anilines is 1. The Morgan fingerprint density at radius 1 is 1.22 bits per heavy atom. The van der Waals surface area contributed by atoms with Crippen molar-refractivity contribution in [2.75, 3.05) is 18.5 Å². The third-order valence-electron chi connectivity index (χ3n) is 3.99. The van der Waals surface area contributed by atoms with Crippen LogP contribution in [0.15, 0.2) is 35.6 Å². The predicted molar refractivity (Wildman–Crippen MR) is 88.2 cm³/mol. The summed E-state index contributed by atoms with van der Waals surface area (Å²) in [7, 11) is 0. The molecule has 1 amide bonds. The Morgan fingerprint density at radius 2 is 2.13 bits per heavy atom. The van der Waals surface area contributed by atoms with Crippen molar-refractivity contribution >= 4 is 22.4 Å². The number of fused-ring (bicyclic) bond motifs is 1. The van der Waals surface area contributed by atoms with Crippen LogP contribution >= 0.6 is 11.3 Å². The largest absolute Gasteiger partial charge is 0.494 e. The zero-order valence-electron chi connectivity index (χ0n) is 12.5. The van der Waals surface area contributed by atoms with E-state index in [-0.39, 0.29) is 11.7 Å². The van der Waals surface area contributed by atoms with E-state index in [1.807, 2.05) is 5.38 Å². The van der Waals surface area contributed by atoms with Gasteiger partial charge in [-0.1, -0.05) is 12.1 Å². The van der Waals surface area contributed by atoms with Gasteiger partial charge in [0.05, 0.1) is 5.69 Å². The number of rotatable bonds is 3. The molecule has 23 heavy (non-hydrogen) atoms. The number of hydrogen-bond donors (Lipinski definition) is 1. The minimum absolute atomic E-state index is 0.186. The second kappa shape index (κ2) is 6.04. The highest BCUT2D eigenvalue weighted by atomic mass is 32.1. The average molecular weight is 328 g/mol. The zero-order valence-corrected chi connectivity index (χ0v) is 13.3.